The van der Waals surface area contributed by atoms with Gasteiger partial charge in [0.15, 0.2) is 5.82 Å². The summed E-state index contributed by atoms with van der Waals surface area (Å²) in [5.74, 6) is 1.13. The van der Waals surface area contributed by atoms with Crippen molar-refractivity contribution in [1.82, 2.24) is 15.0 Å². The molecule has 0 unspecified atom stereocenters. The van der Waals surface area contributed by atoms with Gasteiger partial charge in [0.25, 0.3) is 0 Å². The van der Waals surface area contributed by atoms with Gasteiger partial charge in [0.05, 0.1) is 0 Å². The average molecular weight is 312 g/mol. The first-order valence-corrected chi connectivity index (χ1v) is 7.09. The van der Waals surface area contributed by atoms with Crippen LogP contribution in [0.2, 0.25) is 5.02 Å². The van der Waals surface area contributed by atoms with Crippen LogP contribution >= 0.6 is 11.6 Å². The largest absolute Gasteiger partial charge is 0.383 e. The van der Waals surface area contributed by atoms with Crippen LogP contribution in [0.1, 0.15) is 11.1 Å². The molecule has 22 heavy (non-hydrogen) atoms. The van der Waals surface area contributed by atoms with Gasteiger partial charge in [-0.3, -0.25) is 4.98 Å². The summed E-state index contributed by atoms with van der Waals surface area (Å²) < 4.78 is 0. The number of nitrogens with zero attached hydrogens (tertiary/aromatic N) is 3. The summed E-state index contributed by atoms with van der Waals surface area (Å²) in [6.45, 7) is 0. The topological polar surface area (TPSA) is 90.7 Å². The van der Waals surface area contributed by atoms with Crippen LogP contribution in [0.4, 0.5) is 11.6 Å². The number of nitrogens with two attached hydrogens (primary N) is 2. The Bertz CT molecular complexity index is 782. The van der Waals surface area contributed by atoms with Crippen molar-refractivity contribution in [3.8, 4) is 11.5 Å². The third-order valence-corrected chi connectivity index (χ3v) is 3.47. The molecule has 2 aromatic heterocycles. The molecule has 4 N–H and O–H groups in total. The quantitative estimate of drug-likeness (QED) is 0.776. The maximum absolute atomic E-state index is 6.05. The van der Waals surface area contributed by atoms with E-state index in [1.54, 1.807) is 6.20 Å². The number of rotatable bonds is 3. The standard InChI is InChI=1S/C16H14ClN5/c17-11-5-3-4-10(8-11)9-12-14(18)21-16(22-15(12)19)13-6-1-2-7-20-13/h1-8H,9H2,(H4,18,19,21,22). The second kappa shape index (κ2) is 5.99. The van der Waals surface area contributed by atoms with Crippen molar-refractivity contribution in [3.05, 3.63) is 64.8 Å². The number of nitrogen functional groups attached to an aromatic ring is 2. The molecule has 0 fully saturated rings. The molecule has 0 aliphatic rings. The van der Waals surface area contributed by atoms with Crippen molar-refractivity contribution in [1.29, 1.82) is 0 Å². The highest BCUT2D eigenvalue weighted by molar-refractivity contribution is 6.30. The minimum atomic E-state index is 0.355. The zero-order valence-corrected chi connectivity index (χ0v) is 12.5. The van der Waals surface area contributed by atoms with Crippen LogP contribution in [0.15, 0.2) is 48.7 Å². The van der Waals surface area contributed by atoms with Gasteiger partial charge in [0.1, 0.15) is 17.3 Å². The zero-order chi connectivity index (χ0) is 15.5. The van der Waals surface area contributed by atoms with Crippen LogP contribution in [0.25, 0.3) is 11.5 Å². The lowest BCUT2D eigenvalue weighted by Gasteiger charge is -2.10. The van der Waals surface area contributed by atoms with E-state index >= 15 is 0 Å². The molecule has 0 spiro atoms. The Morgan fingerprint density at radius 2 is 1.73 bits per heavy atom. The minimum Gasteiger partial charge on any atom is -0.383 e. The van der Waals surface area contributed by atoms with E-state index in [1.807, 2.05) is 42.5 Å². The van der Waals surface area contributed by atoms with Gasteiger partial charge in [-0.25, -0.2) is 9.97 Å². The fraction of sp³-hybridized carbons (Fsp3) is 0.0625. The van der Waals surface area contributed by atoms with Gasteiger partial charge in [-0.05, 0) is 29.8 Å². The Morgan fingerprint density at radius 3 is 2.36 bits per heavy atom. The van der Waals surface area contributed by atoms with Gasteiger partial charge < -0.3 is 11.5 Å². The van der Waals surface area contributed by atoms with E-state index < -0.39 is 0 Å². The maximum atomic E-state index is 6.05. The molecule has 2 heterocycles. The molecule has 0 atom stereocenters. The highest BCUT2D eigenvalue weighted by atomic mass is 35.5. The van der Waals surface area contributed by atoms with E-state index in [0.29, 0.717) is 40.2 Å². The summed E-state index contributed by atoms with van der Waals surface area (Å²) in [4.78, 5) is 12.8. The first kappa shape index (κ1) is 14.3. The van der Waals surface area contributed by atoms with Crippen molar-refractivity contribution in [2.45, 2.75) is 6.42 Å². The number of hydrogen-bond donors (Lipinski definition) is 2. The van der Waals surface area contributed by atoms with E-state index in [4.69, 9.17) is 23.1 Å². The number of halogens is 1. The van der Waals surface area contributed by atoms with E-state index in [2.05, 4.69) is 15.0 Å². The Hall–Kier alpha value is -2.66. The molecule has 0 radical (unpaired) electrons. The Kier molecular flexibility index (Phi) is 3.89. The van der Waals surface area contributed by atoms with Crippen molar-refractivity contribution >= 4 is 23.2 Å². The number of aromatic nitrogens is 3. The maximum Gasteiger partial charge on any atom is 0.182 e. The predicted octanol–water partition coefficient (Wildman–Crippen LogP) is 2.95. The molecule has 110 valence electrons. The number of anilines is 2. The fourth-order valence-electron chi connectivity index (χ4n) is 2.16. The summed E-state index contributed by atoms with van der Waals surface area (Å²) in [5.41, 5.74) is 14.4. The van der Waals surface area contributed by atoms with Crippen molar-refractivity contribution in [2.24, 2.45) is 0 Å². The second-order valence-electron chi connectivity index (χ2n) is 4.82. The van der Waals surface area contributed by atoms with Crippen LogP contribution in [0.5, 0.6) is 0 Å². The van der Waals surface area contributed by atoms with Crippen LogP contribution in [-0.4, -0.2) is 15.0 Å². The first-order chi connectivity index (χ1) is 10.6. The highest BCUT2D eigenvalue weighted by Gasteiger charge is 2.12. The molecule has 3 aromatic rings. The molecule has 3 rings (SSSR count). The molecule has 0 amide bonds. The molecule has 1 aromatic carbocycles. The highest BCUT2D eigenvalue weighted by Crippen LogP contribution is 2.24. The van der Waals surface area contributed by atoms with Crippen molar-refractivity contribution in [2.75, 3.05) is 11.5 Å². The van der Waals surface area contributed by atoms with Crippen LogP contribution in [0.3, 0.4) is 0 Å². The normalized spacial score (nSPS) is 10.6. The van der Waals surface area contributed by atoms with E-state index in [1.165, 1.54) is 0 Å². The number of benzene rings is 1. The minimum absolute atomic E-state index is 0.355. The Balaban J connectivity index is 1.97. The van der Waals surface area contributed by atoms with E-state index in [-0.39, 0.29) is 0 Å². The van der Waals surface area contributed by atoms with Crippen LogP contribution in [-0.2, 0) is 6.42 Å². The first-order valence-electron chi connectivity index (χ1n) is 6.71. The van der Waals surface area contributed by atoms with Crippen molar-refractivity contribution in [3.63, 3.8) is 0 Å². The molecule has 0 saturated carbocycles. The lowest BCUT2D eigenvalue weighted by atomic mass is 10.1. The molecule has 0 bridgehead atoms. The SMILES string of the molecule is Nc1nc(-c2ccccn2)nc(N)c1Cc1cccc(Cl)c1. The van der Waals surface area contributed by atoms with Gasteiger partial charge >= 0.3 is 0 Å². The van der Waals surface area contributed by atoms with Crippen LogP contribution < -0.4 is 11.5 Å². The van der Waals surface area contributed by atoms with E-state index in [0.717, 1.165) is 5.56 Å². The molecule has 0 aliphatic heterocycles. The van der Waals surface area contributed by atoms with Gasteiger partial charge in [-0.1, -0.05) is 29.8 Å². The van der Waals surface area contributed by atoms with Gasteiger partial charge in [0, 0.05) is 23.2 Å². The average Bonchev–Trinajstić information content (AvgIpc) is 2.52. The Labute approximate surface area is 133 Å². The molecule has 0 aliphatic carbocycles. The third kappa shape index (κ3) is 2.99. The molecular weight excluding hydrogens is 298 g/mol. The molecule has 6 heteroatoms. The number of pyridine rings is 1. The van der Waals surface area contributed by atoms with E-state index in [9.17, 15) is 0 Å². The Morgan fingerprint density at radius 1 is 0.955 bits per heavy atom. The van der Waals surface area contributed by atoms with Gasteiger partial charge in [-0.2, -0.15) is 0 Å². The summed E-state index contributed by atoms with van der Waals surface area (Å²) in [6, 6.07) is 13.0. The fourth-order valence-corrected chi connectivity index (χ4v) is 2.37. The lowest BCUT2D eigenvalue weighted by Crippen LogP contribution is -2.08. The summed E-state index contributed by atoms with van der Waals surface area (Å²) in [7, 11) is 0. The zero-order valence-electron chi connectivity index (χ0n) is 11.7. The predicted molar refractivity (Wildman–Crippen MR) is 88.3 cm³/mol. The summed E-state index contributed by atoms with van der Waals surface area (Å²) in [5, 5.41) is 0.667. The lowest BCUT2D eigenvalue weighted by molar-refractivity contribution is 1.08. The second-order valence-corrected chi connectivity index (χ2v) is 5.25. The summed E-state index contributed by atoms with van der Waals surface area (Å²) in [6.07, 6.45) is 2.20. The van der Waals surface area contributed by atoms with Crippen molar-refractivity contribution < 1.29 is 0 Å². The van der Waals surface area contributed by atoms with Gasteiger partial charge in [0.2, 0.25) is 0 Å². The summed E-state index contributed by atoms with van der Waals surface area (Å²) >= 11 is 5.99. The monoisotopic (exact) mass is 311 g/mol. The van der Waals surface area contributed by atoms with Gasteiger partial charge in [-0.15, -0.1) is 0 Å². The van der Waals surface area contributed by atoms with Crippen LogP contribution in [0, 0.1) is 0 Å². The third-order valence-electron chi connectivity index (χ3n) is 3.24. The smallest absolute Gasteiger partial charge is 0.182 e. The molecule has 0 saturated heterocycles. The number of hydrogen-bond acceptors (Lipinski definition) is 5. The molecular formula is C16H14ClN5. The molecule has 5 nitrogen and oxygen atoms in total.